The summed E-state index contributed by atoms with van der Waals surface area (Å²) in [6, 6.07) is 9.94. The second-order valence-electron chi connectivity index (χ2n) is 7.74. The fourth-order valence-corrected chi connectivity index (χ4v) is 3.82. The first-order chi connectivity index (χ1) is 12.4. The Labute approximate surface area is 160 Å². The lowest BCUT2D eigenvalue weighted by Gasteiger charge is -2.33. The van der Waals surface area contributed by atoms with Crippen molar-refractivity contribution >= 4 is 23.3 Å². The standard InChI is InChI=1S/C21H27N3OS/c1-21(2,3)20-22-18(16-26-20)15-23-11-13-24(14-12-23)19(25)10-9-17-7-5-4-6-8-17/h4-10,16H,11-15H2,1-3H3/b10-9+. The molecule has 3 rings (SSSR count). The first-order valence-electron chi connectivity index (χ1n) is 9.11. The molecular weight excluding hydrogens is 342 g/mol. The Bertz CT molecular complexity index is 753. The number of amides is 1. The van der Waals surface area contributed by atoms with E-state index in [9.17, 15) is 4.79 Å². The van der Waals surface area contributed by atoms with Crippen LogP contribution in [0, 0.1) is 0 Å². The second-order valence-corrected chi connectivity index (χ2v) is 8.60. The Morgan fingerprint density at radius 2 is 1.85 bits per heavy atom. The van der Waals surface area contributed by atoms with Gasteiger partial charge in [0.1, 0.15) is 0 Å². The first kappa shape index (κ1) is 18.8. The van der Waals surface area contributed by atoms with Crippen LogP contribution in [-0.2, 0) is 16.8 Å². The molecule has 1 amide bonds. The molecule has 1 aromatic carbocycles. The monoisotopic (exact) mass is 369 g/mol. The van der Waals surface area contributed by atoms with Crippen LogP contribution in [0.5, 0.6) is 0 Å². The lowest BCUT2D eigenvalue weighted by Crippen LogP contribution is -2.47. The molecule has 0 radical (unpaired) electrons. The van der Waals surface area contributed by atoms with Crippen molar-refractivity contribution in [1.29, 1.82) is 0 Å². The van der Waals surface area contributed by atoms with Crippen LogP contribution >= 0.6 is 11.3 Å². The van der Waals surface area contributed by atoms with Crippen molar-refractivity contribution in [3.05, 3.63) is 58.1 Å². The molecule has 138 valence electrons. The van der Waals surface area contributed by atoms with Crippen LogP contribution in [0.1, 0.15) is 37.0 Å². The van der Waals surface area contributed by atoms with Crippen molar-refractivity contribution in [2.75, 3.05) is 26.2 Å². The number of rotatable bonds is 4. The molecule has 0 spiro atoms. The van der Waals surface area contributed by atoms with E-state index < -0.39 is 0 Å². The highest BCUT2D eigenvalue weighted by Crippen LogP contribution is 2.26. The quantitative estimate of drug-likeness (QED) is 0.769. The maximum atomic E-state index is 12.4. The van der Waals surface area contributed by atoms with E-state index in [2.05, 4.69) is 31.1 Å². The van der Waals surface area contributed by atoms with Crippen molar-refractivity contribution in [3.63, 3.8) is 0 Å². The third-order valence-electron chi connectivity index (χ3n) is 4.48. The van der Waals surface area contributed by atoms with Gasteiger partial charge in [-0.1, -0.05) is 51.1 Å². The highest BCUT2D eigenvalue weighted by atomic mass is 32.1. The van der Waals surface area contributed by atoms with E-state index in [1.165, 1.54) is 5.01 Å². The maximum Gasteiger partial charge on any atom is 0.246 e. The van der Waals surface area contributed by atoms with Gasteiger partial charge in [-0.15, -0.1) is 11.3 Å². The predicted molar refractivity (Wildman–Crippen MR) is 108 cm³/mol. The topological polar surface area (TPSA) is 36.4 Å². The summed E-state index contributed by atoms with van der Waals surface area (Å²) in [4.78, 5) is 21.4. The van der Waals surface area contributed by atoms with Gasteiger partial charge in [-0.25, -0.2) is 4.98 Å². The number of thiazole rings is 1. The van der Waals surface area contributed by atoms with Crippen molar-refractivity contribution in [1.82, 2.24) is 14.8 Å². The summed E-state index contributed by atoms with van der Waals surface area (Å²) in [5, 5.41) is 3.35. The van der Waals surface area contributed by atoms with Crippen LogP contribution in [0.15, 0.2) is 41.8 Å². The smallest absolute Gasteiger partial charge is 0.246 e. The fraction of sp³-hybridized carbons (Fsp3) is 0.429. The summed E-state index contributed by atoms with van der Waals surface area (Å²) in [7, 11) is 0. The number of hydrogen-bond donors (Lipinski definition) is 0. The summed E-state index contributed by atoms with van der Waals surface area (Å²) in [5.74, 6) is 0.0946. The lowest BCUT2D eigenvalue weighted by atomic mass is 9.98. The van der Waals surface area contributed by atoms with Crippen LogP contribution in [0.3, 0.4) is 0 Å². The van der Waals surface area contributed by atoms with E-state index in [0.29, 0.717) is 0 Å². The van der Waals surface area contributed by atoms with Gasteiger partial charge in [0.15, 0.2) is 0 Å². The Hall–Kier alpha value is -1.98. The number of hydrogen-bond acceptors (Lipinski definition) is 4. The average molecular weight is 370 g/mol. The van der Waals surface area contributed by atoms with Gasteiger partial charge >= 0.3 is 0 Å². The maximum absolute atomic E-state index is 12.4. The third-order valence-corrected chi connectivity index (χ3v) is 5.80. The van der Waals surface area contributed by atoms with E-state index in [1.54, 1.807) is 17.4 Å². The van der Waals surface area contributed by atoms with Gasteiger partial charge in [0, 0.05) is 49.6 Å². The Balaban J connectivity index is 1.49. The average Bonchev–Trinajstić information content (AvgIpc) is 3.10. The summed E-state index contributed by atoms with van der Waals surface area (Å²) in [5.41, 5.74) is 2.31. The van der Waals surface area contributed by atoms with Crippen molar-refractivity contribution in [2.24, 2.45) is 0 Å². The number of aromatic nitrogens is 1. The van der Waals surface area contributed by atoms with Crippen molar-refractivity contribution in [2.45, 2.75) is 32.7 Å². The number of nitrogens with zero attached hydrogens (tertiary/aromatic N) is 3. The summed E-state index contributed by atoms with van der Waals surface area (Å²) < 4.78 is 0. The van der Waals surface area contributed by atoms with Crippen LogP contribution in [-0.4, -0.2) is 46.9 Å². The molecule has 0 saturated carbocycles. The molecule has 0 bridgehead atoms. The van der Waals surface area contributed by atoms with Crippen molar-refractivity contribution < 1.29 is 4.79 Å². The number of carbonyl (C=O) groups is 1. The van der Waals surface area contributed by atoms with Gasteiger partial charge < -0.3 is 4.90 Å². The molecule has 1 saturated heterocycles. The van der Waals surface area contributed by atoms with E-state index in [1.807, 2.05) is 41.3 Å². The minimum absolute atomic E-state index is 0.0946. The summed E-state index contributed by atoms with van der Waals surface area (Å²) in [6.07, 6.45) is 3.57. The van der Waals surface area contributed by atoms with E-state index in [-0.39, 0.29) is 11.3 Å². The molecular formula is C21H27N3OS. The normalized spacial score (nSPS) is 16.3. The molecule has 1 aliphatic rings. The van der Waals surface area contributed by atoms with Gasteiger partial charge in [0.2, 0.25) is 5.91 Å². The molecule has 1 fully saturated rings. The lowest BCUT2D eigenvalue weighted by molar-refractivity contribution is -0.127. The number of benzene rings is 1. The second kappa shape index (κ2) is 8.14. The number of carbonyl (C=O) groups excluding carboxylic acids is 1. The molecule has 0 atom stereocenters. The molecule has 1 aliphatic heterocycles. The summed E-state index contributed by atoms with van der Waals surface area (Å²) in [6.45, 7) is 10.8. The van der Waals surface area contributed by atoms with Crippen LogP contribution < -0.4 is 0 Å². The van der Waals surface area contributed by atoms with E-state index in [4.69, 9.17) is 4.98 Å². The molecule has 4 nitrogen and oxygen atoms in total. The zero-order valence-electron chi connectivity index (χ0n) is 15.8. The van der Waals surface area contributed by atoms with Gasteiger partial charge in [0.25, 0.3) is 0 Å². The molecule has 26 heavy (non-hydrogen) atoms. The SMILES string of the molecule is CC(C)(C)c1nc(CN2CCN(C(=O)/C=C/c3ccccc3)CC2)cs1. The van der Waals surface area contributed by atoms with Gasteiger partial charge in [-0.05, 0) is 11.6 Å². The highest BCUT2D eigenvalue weighted by Gasteiger charge is 2.22. The zero-order chi connectivity index (χ0) is 18.6. The predicted octanol–water partition coefficient (Wildman–Crippen LogP) is 3.80. The highest BCUT2D eigenvalue weighted by molar-refractivity contribution is 7.09. The van der Waals surface area contributed by atoms with Gasteiger partial charge in [-0.2, -0.15) is 0 Å². The molecule has 2 aromatic rings. The van der Waals surface area contributed by atoms with E-state index >= 15 is 0 Å². The Morgan fingerprint density at radius 3 is 2.46 bits per heavy atom. The molecule has 0 N–H and O–H groups in total. The Morgan fingerprint density at radius 1 is 1.15 bits per heavy atom. The molecule has 2 heterocycles. The third kappa shape index (κ3) is 5.02. The van der Waals surface area contributed by atoms with Gasteiger partial charge in [0.05, 0.1) is 10.7 Å². The van der Waals surface area contributed by atoms with Crippen LogP contribution in [0.2, 0.25) is 0 Å². The number of piperazine rings is 1. The van der Waals surface area contributed by atoms with Crippen LogP contribution in [0.25, 0.3) is 6.08 Å². The minimum Gasteiger partial charge on any atom is -0.337 e. The summed E-state index contributed by atoms with van der Waals surface area (Å²) >= 11 is 1.74. The van der Waals surface area contributed by atoms with E-state index in [0.717, 1.165) is 44.0 Å². The van der Waals surface area contributed by atoms with Crippen LogP contribution in [0.4, 0.5) is 0 Å². The Kier molecular flexibility index (Phi) is 5.89. The molecule has 0 unspecified atom stereocenters. The minimum atomic E-state index is 0.0946. The van der Waals surface area contributed by atoms with Gasteiger partial charge in [-0.3, -0.25) is 9.69 Å². The first-order valence-corrected chi connectivity index (χ1v) is 9.99. The molecule has 5 heteroatoms. The molecule has 0 aliphatic carbocycles. The fourth-order valence-electron chi connectivity index (χ4n) is 2.92. The molecule has 1 aromatic heterocycles. The zero-order valence-corrected chi connectivity index (χ0v) is 16.6. The largest absolute Gasteiger partial charge is 0.337 e. The van der Waals surface area contributed by atoms with Crippen molar-refractivity contribution in [3.8, 4) is 0 Å².